The lowest BCUT2D eigenvalue weighted by Gasteiger charge is -2.10. The number of hydrogen-bond acceptors (Lipinski definition) is 4. The molecule has 3 N–H and O–H groups in total. The van der Waals surface area contributed by atoms with Crippen LogP contribution in [0.2, 0.25) is 0 Å². The van der Waals surface area contributed by atoms with Crippen LogP contribution in [0.3, 0.4) is 0 Å². The van der Waals surface area contributed by atoms with Gasteiger partial charge in [0.15, 0.2) is 0 Å². The Labute approximate surface area is 128 Å². The van der Waals surface area contributed by atoms with E-state index in [4.69, 9.17) is 10.5 Å². The van der Waals surface area contributed by atoms with Crippen molar-refractivity contribution < 1.29 is 13.7 Å². The number of hydrogen-bond donors (Lipinski definition) is 2. The minimum Gasteiger partial charge on any atom is -0.497 e. The van der Waals surface area contributed by atoms with Crippen molar-refractivity contribution in [3.63, 3.8) is 0 Å². The Kier molecular flexibility index (Phi) is 7.22. The van der Waals surface area contributed by atoms with Crippen LogP contribution in [0.15, 0.2) is 18.2 Å². The summed E-state index contributed by atoms with van der Waals surface area (Å²) in [6.45, 7) is 4.19. The molecule has 5 nitrogen and oxygen atoms in total. The number of ether oxygens (including phenoxy) is 1. The average Bonchev–Trinajstić information content (AvgIpc) is 2.45. The molecule has 0 fully saturated rings. The molecular weight excluding hydrogens is 288 g/mol. The summed E-state index contributed by atoms with van der Waals surface area (Å²) >= 11 is 0. The van der Waals surface area contributed by atoms with Crippen molar-refractivity contribution >= 4 is 28.1 Å². The van der Waals surface area contributed by atoms with E-state index in [1.165, 1.54) is 0 Å². The van der Waals surface area contributed by atoms with Crippen LogP contribution in [-0.2, 0) is 15.6 Å². The van der Waals surface area contributed by atoms with Crippen LogP contribution in [0.5, 0.6) is 5.75 Å². The van der Waals surface area contributed by atoms with Crippen molar-refractivity contribution in [2.24, 2.45) is 5.92 Å². The normalized spacial score (nSPS) is 12.2. The molecule has 0 aliphatic heterocycles. The Morgan fingerprint density at radius 1 is 1.38 bits per heavy atom. The second-order valence-electron chi connectivity index (χ2n) is 5.28. The Morgan fingerprint density at radius 3 is 2.67 bits per heavy atom. The molecular formula is C15H24N2O3S. The maximum atomic E-state index is 11.8. The highest BCUT2D eigenvalue weighted by atomic mass is 32.2. The lowest BCUT2D eigenvalue weighted by molar-refractivity contribution is -0.115. The molecule has 21 heavy (non-hydrogen) atoms. The Bertz CT molecular complexity index is 504. The number of nitrogens with one attached hydrogen (secondary N) is 1. The summed E-state index contributed by atoms with van der Waals surface area (Å²) in [6.07, 6.45) is 1.15. The highest BCUT2D eigenvalue weighted by molar-refractivity contribution is 7.84. The molecule has 1 unspecified atom stereocenters. The fourth-order valence-corrected chi connectivity index (χ4v) is 3.02. The summed E-state index contributed by atoms with van der Waals surface area (Å²) < 4.78 is 16.8. The van der Waals surface area contributed by atoms with E-state index in [9.17, 15) is 9.00 Å². The predicted molar refractivity (Wildman–Crippen MR) is 88.0 cm³/mol. The molecule has 0 spiro atoms. The third-order valence-corrected chi connectivity index (χ3v) is 4.36. The molecule has 1 aromatic rings. The molecule has 0 aliphatic rings. The van der Waals surface area contributed by atoms with Gasteiger partial charge in [0.25, 0.3) is 0 Å². The van der Waals surface area contributed by atoms with E-state index in [2.05, 4.69) is 19.2 Å². The monoisotopic (exact) mass is 312 g/mol. The SMILES string of the molecule is COc1ccc(NC(=O)CCS(=O)CCC(C)C)c(N)c1. The van der Waals surface area contributed by atoms with Gasteiger partial charge in [-0.05, 0) is 24.5 Å². The van der Waals surface area contributed by atoms with Gasteiger partial charge in [0, 0.05) is 34.8 Å². The minimum atomic E-state index is -0.942. The van der Waals surface area contributed by atoms with Gasteiger partial charge in [-0.25, -0.2) is 0 Å². The number of anilines is 2. The van der Waals surface area contributed by atoms with Crippen LogP contribution in [0.1, 0.15) is 26.7 Å². The van der Waals surface area contributed by atoms with Crippen LogP contribution in [0.4, 0.5) is 11.4 Å². The standard InChI is InChI=1S/C15H24N2O3S/c1-11(2)6-8-21(19)9-7-15(18)17-14-5-4-12(20-3)10-13(14)16/h4-5,10-11H,6-9,16H2,1-3H3,(H,17,18). The van der Waals surface area contributed by atoms with Gasteiger partial charge < -0.3 is 15.8 Å². The third-order valence-electron chi connectivity index (χ3n) is 3.01. The van der Waals surface area contributed by atoms with E-state index in [0.717, 1.165) is 6.42 Å². The molecule has 1 atom stereocenters. The molecule has 1 aromatic carbocycles. The van der Waals surface area contributed by atoms with Crippen LogP contribution < -0.4 is 15.8 Å². The molecule has 1 amide bonds. The van der Waals surface area contributed by atoms with Crippen LogP contribution >= 0.6 is 0 Å². The Morgan fingerprint density at radius 2 is 2.10 bits per heavy atom. The summed E-state index contributed by atoms with van der Waals surface area (Å²) in [5, 5.41) is 2.73. The third kappa shape index (κ3) is 6.62. The smallest absolute Gasteiger partial charge is 0.225 e. The molecule has 0 aromatic heterocycles. The molecule has 118 valence electrons. The van der Waals surface area contributed by atoms with E-state index in [0.29, 0.717) is 34.5 Å². The van der Waals surface area contributed by atoms with Crippen LogP contribution in [0.25, 0.3) is 0 Å². The zero-order valence-electron chi connectivity index (χ0n) is 12.8. The molecule has 0 aliphatic carbocycles. The lowest BCUT2D eigenvalue weighted by atomic mass is 10.2. The number of benzene rings is 1. The van der Waals surface area contributed by atoms with Crippen molar-refractivity contribution in [3.05, 3.63) is 18.2 Å². The van der Waals surface area contributed by atoms with Gasteiger partial charge in [-0.2, -0.15) is 0 Å². The molecule has 0 radical (unpaired) electrons. The van der Waals surface area contributed by atoms with Crippen molar-refractivity contribution in [3.8, 4) is 5.75 Å². The number of methoxy groups -OCH3 is 1. The molecule has 0 saturated carbocycles. The molecule has 0 heterocycles. The summed E-state index contributed by atoms with van der Waals surface area (Å²) in [7, 11) is 0.613. The van der Waals surface area contributed by atoms with Gasteiger partial charge >= 0.3 is 0 Å². The van der Waals surface area contributed by atoms with Gasteiger partial charge in [-0.15, -0.1) is 0 Å². The summed E-state index contributed by atoms with van der Waals surface area (Å²) in [4.78, 5) is 11.8. The van der Waals surface area contributed by atoms with Crippen LogP contribution in [0, 0.1) is 5.92 Å². The average molecular weight is 312 g/mol. The maximum absolute atomic E-state index is 11.8. The second-order valence-corrected chi connectivity index (χ2v) is 6.98. The molecule has 0 saturated heterocycles. The van der Waals surface area contributed by atoms with E-state index < -0.39 is 10.8 Å². The lowest BCUT2D eigenvalue weighted by Crippen LogP contribution is -2.17. The zero-order chi connectivity index (χ0) is 15.8. The first-order chi connectivity index (χ1) is 9.92. The maximum Gasteiger partial charge on any atom is 0.225 e. The first-order valence-electron chi connectivity index (χ1n) is 7.00. The van der Waals surface area contributed by atoms with Crippen molar-refractivity contribution in [2.75, 3.05) is 29.7 Å². The first kappa shape index (κ1) is 17.5. The van der Waals surface area contributed by atoms with Gasteiger partial charge in [-0.1, -0.05) is 13.8 Å². The summed E-state index contributed by atoms with van der Waals surface area (Å²) in [6, 6.07) is 5.07. The number of nitrogens with two attached hydrogens (primary N) is 1. The van der Waals surface area contributed by atoms with E-state index in [-0.39, 0.29) is 12.3 Å². The predicted octanol–water partition coefficient (Wildman–Crippen LogP) is 2.40. The van der Waals surface area contributed by atoms with Crippen molar-refractivity contribution in [2.45, 2.75) is 26.7 Å². The number of carbonyl (C=O) groups is 1. The molecule has 1 rings (SSSR count). The van der Waals surface area contributed by atoms with Crippen molar-refractivity contribution in [1.82, 2.24) is 0 Å². The van der Waals surface area contributed by atoms with E-state index in [1.54, 1.807) is 25.3 Å². The van der Waals surface area contributed by atoms with Gasteiger partial charge in [0.05, 0.1) is 18.5 Å². The number of amides is 1. The zero-order valence-corrected chi connectivity index (χ0v) is 13.7. The highest BCUT2D eigenvalue weighted by Gasteiger charge is 2.09. The number of rotatable bonds is 8. The van der Waals surface area contributed by atoms with Gasteiger partial charge in [0.1, 0.15) is 5.75 Å². The number of carbonyl (C=O) groups excluding carboxylic acids is 1. The Hall–Kier alpha value is -1.56. The van der Waals surface area contributed by atoms with E-state index in [1.807, 2.05) is 0 Å². The van der Waals surface area contributed by atoms with Gasteiger partial charge in [0.2, 0.25) is 5.91 Å². The van der Waals surface area contributed by atoms with Crippen molar-refractivity contribution in [1.29, 1.82) is 0 Å². The van der Waals surface area contributed by atoms with Crippen LogP contribution in [-0.4, -0.2) is 28.7 Å². The molecule has 6 heteroatoms. The highest BCUT2D eigenvalue weighted by Crippen LogP contribution is 2.24. The fraction of sp³-hybridized carbons (Fsp3) is 0.533. The fourth-order valence-electron chi connectivity index (χ4n) is 1.67. The topological polar surface area (TPSA) is 81.4 Å². The summed E-state index contributed by atoms with van der Waals surface area (Å²) in [5.41, 5.74) is 6.83. The number of nitrogen functional groups attached to an aromatic ring is 1. The minimum absolute atomic E-state index is 0.176. The largest absolute Gasteiger partial charge is 0.497 e. The second kappa shape index (κ2) is 8.67. The molecule has 0 bridgehead atoms. The first-order valence-corrected chi connectivity index (χ1v) is 8.49. The van der Waals surface area contributed by atoms with E-state index >= 15 is 0 Å². The Balaban J connectivity index is 2.42. The summed E-state index contributed by atoms with van der Waals surface area (Å²) in [5.74, 6) is 2.02. The quantitative estimate of drug-likeness (QED) is 0.722. The van der Waals surface area contributed by atoms with Gasteiger partial charge in [-0.3, -0.25) is 9.00 Å².